The van der Waals surface area contributed by atoms with E-state index in [2.05, 4.69) is 19.9 Å². The lowest BCUT2D eigenvalue weighted by Gasteiger charge is -1.99. The second kappa shape index (κ2) is 6.75. The molecule has 0 aliphatic carbocycles. The van der Waals surface area contributed by atoms with E-state index in [0.717, 1.165) is 19.3 Å². The van der Waals surface area contributed by atoms with Crippen LogP contribution in [0.5, 0.6) is 0 Å². The highest BCUT2D eigenvalue weighted by Gasteiger charge is 1.91. The van der Waals surface area contributed by atoms with E-state index in [1.54, 1.807) is 0 Å². The number of rotatable bonds is 4. The van der Waals surface area contributed by atoms with Gasteiger partial charge in [-0.1, -0.05) is 47.9 Å². The SMILES string of the molecule is C/C=C(\CC)CCC=C(Cl)Cl. The lowest BCUT2D eigenvalue weighted by atomic mass is 10.1. The van der Waals surface area contributed by atoms with Crippen molar-refractivity contribution in [3.63, 3.8) is 0 Å². The minimum atomic E-state index is 0.372. The van der Waals surface area contributed by atoms with Crippen molar-refractivity contribution in [2.75, 3.05) is 0 Å². The van der Waals surface area contributed by atoms with Crippen LogP contribution in [0, 0.1) is 0 Å². The molecule has 0 amide bonds. The summed E-state index contributed by atoms with van der Waals surface area (Å²) in [6.07, 6.45) is 7.11. The number of hydrogen-bond acceptors (Lipinski definition) is 0. The molecule has 0 aliphatic heterocycles. The molecule has 0 N–H and O–H groups in total. The first-order valence-electron chi connectivity index (χ1n) is 3.86. The number of allylic oxidation sites excluding steroid dienone is 3. The van der Waals surface area contributed by atoms with Crippen molar-refractivity contribution in [1.29, 1.82) is 0 Å². The predicted molar refractivity (Wildman–Crippen MR) is 53.1 cm³/mol. The molecule has 0 aromatic heterocycles. The van der Waals surface area contributed by atoms with Crippen molar-refractivity contribution in [3.05, 3.63) is 22.2 Å². The summed E-state index contributed by atoms with van der Waals surface area (Å²) in [7, 11) is 0. The molecule has 0 aliphatic rings. The third-order valence-electron chi connectivity index (χ3n) is 1.63. The fraction of sp³-hybridized carbons (Fsp3) is 0.556. The summed E-state index contributed by atoms with van der Waals surface area (Å²) < 4.78 is 0.372. The summed E-state index contributed by atoms with van der Waals surface area (Å²) in [6.45, 7) is 4.21. The second-order valence-corrected chi connectivity index (χ2v) is 3.34. The Hall–Kier alpha value is 0.0600. The Balaban J connectivity index is 3.61. The summed E-state index contributed by atoms with van der Waals surface area (Å²) in [5.41, 5.74) is 1.45. The highest BCUT2D eigenvalue weighted by Crippen LogP contribution is 2.13. The fourth-order valence-electron chi connectivity index (χ4n) is 0.892. The Morgan fingerprint density at radius 3 is 2.36 bits per heavy atom. The van der Waals surface area contributed by atoms with Crippen molar-refractivity contribution < 1.29 is 0 Å². The minimum absolute atomic E-state index is 0.372. The van der Waals surface area contributed by atoms with Gasteiger partial charge in [0.1, 0.15) is 4.49 Å². The van der Waals surface area contributed by atoms with E-state index in [-0.39, 0.29) is 0 Å². The molecule has 11 heavy (non-hydrogen) atoms. The molecule has 2 heteroatoms. The van der Waals surface area contributed by atoms with E-state index in [4.69, 9.17) is 23.2 Å². The van der Waals surface area contributed by atoms with Crippen molar-refractivity contribution in [2.24, 2.45) is 0 Å². The topological polar surface area (TPSA) is 0 Å². The number of hydrogen-bond donors (Lipinski definition) is 0. The smallest absolute Gasteiger partial charge is 0.0885 e. The van der Waals surface area contributed by atoms with Gasteiger partial charge in [0.25, 0.3) is 0 Å². The van der Waals surface area contributed by atoms with Crippen LogP contribution in [-0.4, -0.2) is 0 Å². The van der Waals surface area contributed by atoms with Gasteiger partial charge in [0.05, 0.1) is 0 Å². The van der Waals surface area contributed by atoms with Crippen molar-refractivity contribution in [2.45, 2.75) is 33.1 Å². The summed E-state index contributed by atoms with van der Waals surface area (Å²) in [5, 5.41) is 0. The third kappa shape index (κ3) is 6.46. The fourth-order valence-corrected chi connectivity index (χ4v) is 1.11. The van der Waals surface area contributed by atoms with Crippen molar-refractivity contribution >= 4 is 23.2 Å². The van der Waals surface area contributed by atoms with Crippen LogP contribution in [0.2, 0.25) is 0 Å². The van der Waals surface area contributed by atoms with Crippen molar-refractivity contribution in [3.8, 4) is 0 Å². The summed E-state index contributed by atoms with van der Waals surface area (Å²) in [5.74, 6) is 0. The Morgan fingerprint density at radius 2 is 2.00 bits per heavy atom. The lowest BCUT2D eigenvalue weighted by molar-refractivity contribution is 0.905. The van der Waals surface area contributed by atoms with Gasteiger partial charge in [-0.15, -0.1) is 0 Å². The first-order valence-corrected chi connectivity index (χ1v) is 4.61. The monoisotopic (exact) mass is 192 g/mol. The molecule has 0 atom stereocenters. The van der Waals surface area contributed by atoms with Crippen LogP contribution in [0.3, 0.4) is 0 Å². The molecule has 0 saturated carbocycles. The zero-order valence-corrected chi connectivity index (χ0v) is 8.54. The molecule has 0 aromatic rings. The van der Waals surface area contributed by atoms with E-state index >= 15 is 0 Å². The predicted octanol–water partition coefficient (Wildman–Crippen LogP) is 4.44. The van der Waals surface area contributed by atoms with Crippen LogP contribution in [0.15, 0.2) is 22.2 Å². The molecular weight excluding hydrogens is 179 g/mol. The van der Waals surface area contributed by atoms with Crippen molar-refractivity contribution in [1.82, 2.24) is 0 Å². The molecule has 0 aromatic carbocycles. The van der Waals surface area contributed by atoms with E-state index in [9.17, 15) is 0 Å². The van der Waals surface area contributed by atoms with Gasteiger partial charge in [0, 0.05) is 0 Å². The van der Waals surface area contributed by atoms with E-state index in [0.29, 0.717) is 4.49 Å². The summed E-state index contributed by atoms with van der Waals surface area (Å²) in [6, 6.07) is 0. The lowest BCUT2D eigenvalue weighted by Crippen LogP contribution is -1.78. The standard InChI is InChI=1S/C9H14Cl2/c1-3-8(4-2)6-5-7-9(10)11/h3,7H,4-6H2,1-2H3/b8-3+. The van der Waals surface area contributed by atoms with E-state index in [1.165, 1.54) is 5.57 Å². The first kappa shape index (κ1) is 11.1. The molecule has 0 saturated heterocycles. The van der Waals surface area contributed by atoms with Gasteiger partial charge in [-0.05, 0) is 26.2 Å². The molecule has 0 bridgehead atoms. The highest BCUT2D eigenvalue weighted by molar-refractivity contribution is 6.55. The summed E-state index contributed by atoms with van der Waals surface area (Å²) >= 11 is 10.9. The van der Waals surface area contributed by atoms with Gasteiger partial charge in [-0.25, -0.2) is 0 Å². The van der Waals surface area contributed by atoms with Gasteiger partial charge < -0.3 is 0 Å². The van der Waals surface area contributed by atoms with E-state index in [1.807, 2.05) is 6.08 Å². The molecule has 0 heterocycles. The maximum Gasteiger partial charge on any atom is 0.102 e. The maximum absolute atomic E-state index is 5.45. The molecule has 0 fully saturated rings. The number of halogens is 2. The van der Waals surface area contributed by atoms with Gasteiger partial charge in [0.2, 0.25) is 0 Å². The first-order chi connectivity index (χ1) is 5.20. The average Bonchev–Trinajstić information content (AvgIpc) is 1.98. The van der Waals surface area contributed by atoms with Crippen LogP contribution in [0.4, 0.5) is 0 Å². The van der Waals surface area contributed by atoms with E-state index < -0.39 is 0 Å². The quantitative estimate of drug-likeness (QED) is 0.579. The Kier molecular flexibility index (Phi) is 6.79. The highest BCUT2D eigenvalue weighted by atomic mass is 35.5. The molecular formula is C9H14Cl2. The molecule has 64 valence electrons. The molecule has 0 rings (SSSR count). The molecule has 0 unspecified atom stereocenters. The van der Waals surface area contributed by atoms with Gasteiger partial charge in [-0.2, -0.15) is 0 Å². The Morgan fingerprint density at radius 1 is 1.36 bits per heavy atom. The van der Waals surface area contributed by atoms with Gasteiger partial charge in [-0.3, -0.25) is 0 Å². The van der Waals surface area contributed by atoms with Gasteiger partial charge in [0.15, 0.2) is 0 Å². The zero-order chi connectivity index (χ0) is 8.69. The average molecular weight is 193 g/mol. The normalized spacial score (nSPS) is 11.5. The van der Waals surface area contributed by atoms with Gasteiger partial charge >= 0.3 is 0 Å². The minimum Gasteiger partial charge on any atom is -0.0885 e. The molecule has 0 nitrogen and oxygen atoms in total. The second-order valence-electron chi connectivity index (χ2n) is 2.33. The van der Waals surface area contributed by atoms with Crippen LogP contribution >= 0.6 is 23.2 Å². The van der Waals surface area contributed by atoms with Crippen LogP contribution in [0.1, 0.15) is 33.1 Å². The summed E-state index contributed by atoms with van der Waals surface area (Å²) in [4.78, 5) is 0. The maximum atomic E-state index is 5.45. The van der Waals surface area contributed by atoms with Crippen LogP contribution in [-0.2, 0) is 0 Å². The molecule has 0 radical (unpaired) electrons. The molecule has 0 spiro atoms. The Labute approximate surface area is 78.9 Å². The third-order valence-corrected chi connectivity index (χ3v) is 1.94. The Bertz CT molecular complexity index is 153. The largest absolute Gasteiger partial charge is 0.102 e. The van der Waals surface area contributed by atoms with Crippen LogP contribution in [0.25, 0.3) is 0 Å². The van der Waals surface area contributed by atoms with Crippen LogP contribution < -0.4 is 0 Å². The zero-order valence-electron chi connectivity index (χ0n) is 7.03.